The number of halogens is 1. The standard InChI is InChI=1S/C25H28FN5O3/c1-24-7-4-8-25(2,31-24)13-16(12-24)34-22-6-5-20(28-30-22)18-10-19(26)17(11-21(18)32)15-9-23(33-3)29-27-14-15/h5-6,9-11,14,16,31-32H,4,7-8,12-13H2,1-3H3/t16-,24+,25-. The molecule has 2 fully saturated rings. The smallest absolute Gasteiger partial charge is 0.233 e. The van der Waals surface area contributed by atoms with Crippen LogP contribution < -0.4 is 14.8 Å². The third kappa shape index (κ3) is 4.40. The van der Waals surface area contributed by atoms with Gasteiger partial charge in [0.2, 0.25) is 11.8 Å². The summed E-state index contributed by atoms with van der Waals surface area (Å²) in [7, 11) is 1.45. The molecule has 2 bridgehead atoms. The Morgan fingerprint density at radius 1 is 1.00 bits per heavy atom. The highest BCUT2D eigenvalue weighted by Gasteiger charge is 2.46. The van der Waals surface area contributed by atoms with Crippen LogP contribution in [0.4, 0.5) is 4.39 Å². The van der Waals surface area contributed by atoms with Crippen molar-refractivity contribution in [2.45, 2.75) is 63.1 Å². The molecule has 1 aromatic carbocycles. The molecule has 2 aliphatic rings. The number of aromatic hydroxyl groups is 1. The Morgan fingerprint density at radius 3 is 2.44 bits per heavy atom. The Kier molecular flexibility index (Phi) is 5.59. The number of phenolic OH excluding ortho intramolecular Hbond substituents is 1. The maximum absolute atomic E-state index is 14.9. The van der Waals surface area contributed by atoms with Crippen molar-refractivity contribution in [1.82, 2.24) is 25.7 Å². The van der Waals surface area contributed by atoms with Crippen LogP contribution in [0.2, 0.25) is 0 Å². The van der Waals surface area contributed by atoms with Gasteiger partial charge in [0, 0.05) is 52.7 Å². The highest BCUT2D eigenvalue weighted by atomic mass is 19.1. The number of hydrogen-bond acceptors (Lipinski definition) is 8. The first-order chi connectivity index (χ1) is 16.3. The fourth-order valence-corrected chi connectivity index (χ4v) is 5.47. The number of hydrogen-bond donors (Lipinski definition) is 2. The molecule has 2 N–H and O–H groups in total. The number of aromatic nitrogens is 4. The molecule has 0 unspecified atom stereocenters. The maximum Gasteiger partial charge on any atom is 0.233 e. The van der Waals surface area contributed by atoms with Crippen LogP contribution in [0.3, 0.4) is 0 Å². The Morgan fingerprint density at radius 2 is 1.76 bits per heavy atom. The zero-order valence-electron chi connectivity index (χ0n) is 19.5. The number of phenols is 1. The Labute approximate surface area is 197 Å². The van der Waals surface area contributed by atoms with Crippen molar-refractivity contribution >= 4 is 0 Å². The van der Waals surface area contributed by atoms with E-state index < -0.39 is 5.82 Å². The van der Waals surface area contributed by atoms with E-state index in [-0.39, 0.29) is 39.9 Å². The molecule has 34 heavy (non-hydrogen) atoms. The van der Waals surface area contributed by atoms with Gasteiger partial charge in [0.05, 0.1) is 19.0 Å². The summed E-state index contributed by atoms with van der Waals surface area (Å²) in [6.07, 6.45) is 6.77. The van der Waals surface area contributed by atoms with Gasteiger partial charge in [-0.2, -0.15) is 5.10 Å². The number of ether oxygens (including phenoxy) is 2. The predicted octanol–water partition coefficient (Wildman–Crippen LogP) is 4.29. The van der Waals surface area contributed by atoms with E-state index in [1.807, 2.05) is 0 Å². The molecule has 0 spiro atoms. The molecule has 8 nitrogen and oxygen atoms in total. The fraction of sp³-hybridized carbons (Fsp3) is 0.440. The van der Waals surface area contributed by atoms with Gasteiger partial charge in [-0.3, -0.25) is 0 Å². The molecule has 3 atom stereocenters. The summed E-state index contributed by atoms with van der Waals surface area (Å²) in [6, 6.07) is 7.51. The molecular formula is C25H28FN5O3. The highest BCUT2D eigenvalue weighted by Crippen LogP contribution is 2.41. The van der Waals surface area contributed by atoms with Crippen LogP contribution in [0, 0.1) is 5.82 Å². The van der Waals surface area contributed by atoms with Gasteiger partial charge in [0.25, 0.3) is 0 Å². The number of rotatable bonds is 5. The maximum atomic E-state index is 14.9. The molecule has 2 aromatic heterocycles. The highest BCUT2D eigenvalue weighted by molar-refractivity contribution is 5.74. The van der Waals surface area contributed by atoms with E-state index in [9.17, 15) is 9.50 Å². The van der Waals surface area contributed by atoms with Gasteiger partial charge in [0.1, 0.15) is 17.7 Å². The lowest BCUT2D eigenvalue weighted by Gasteiger charge is -2.53. The van der Waals surface area contributed by atoms with Crippen LogP contribution in [0.5, 0.6) is 17.5 Å². The number of nitrogens with one attached hydrogen (secondary N) is 1. The van der Waals surface area contributed by atoms with Gasteiger partial charge in [0.15, 0.2) is 0 Å². The zero-order valence-corrected chi connectivity index (χ0v) is 19.5. The van der Waals surface area contributed by atoms with Gasteiger partial charge < -0.3 is 19.9 Å². The topological polar surface area (TPSA) is 102 Å². The molecule has 0 aliphatic carbocycles. The molecule has 9 heteroatoms. The molecule has 2 aliphatic heterocycles. The number of methoxy groups -OCH3 is 1. The minimum atomic E-state index is -0.535. The predicted molar refractivity (Wildman–Crippen MR) is 124 cm³/mol. The van der Waals surface area contributed by atoms with Crippen LogP contribution in [-0.2, 0) is 0 Å². The van der Waals surface area contributed by atoms with E-state index in [1.54, 1.807) is 18.2 Å². The van der Waals surface area contributed by atoms with Crippen LogP contribution in [0.25, 0.3) is 22.4 Å². The normalized spacial score (nSPS) is 26.2. The number of nitrogens with zero attached hydrogens (tertiary/aromatic N) is 4. The number of fused-ring (bicyclic) bond motifs is 2. The van der Waals surface area contributed by atoms with Crippen molar-refractivity contribution in [3.05, 3.63) is 42.3 Å². The lowest BCUT2D eigenvalue weighted by molar-refractivity contribution is 0.00726. The lowest BCUT2D eigenvalue weighted by Crippen LogP contribution is -2.65. The monoisotopic (exact) mass is 465 g/mol. The van der Waals surface area contributed by atoms with Crippen molar-refractivity contribution in [2.75, 3.05) is 7.11 Å². The summed E-state index contributed by atoms with van der Waals surface area (Å²) in [5, 5.41) is 30.4. The van der Waals surface area contributed by atoms with Gasteiger partial charge in [-0.1, -0.05) is 0 Å². The molecule has 178 valence electrons. The summed E-state index contributed by atoms with van der Waals surface area (Å²) in [4.78, 5) is 0. The number of benzene rings is 1. The van der Waals surface area contributed by atoms with E-state index in [0.717, 1.165) is 25.7 Å². The first kappa shape index (κ1) is 22.5. The van der Waals surface area contributed by atoms with Crippen LogP contribution in [-0.4, -0.2) is 49.8 Å². The quantitative estimate of drug-likeness (QED) is 0.576. The summed E-state index contributed by atoms with van der Waals surface area (Å²) in [5.74, 6) is 0.0182. The Hall–Kier alpha value is -3.33. The SMILES string of the molecule is COc1cc(-c2cc(O)c(-c3ccc(O[C@@H]4C[C@]5(C)CCC[C@](C)(C4)N5)nn3)cc2F)cnn1. The molecule has 2 saturated heterocycles. The second-order valence-corrected chi connectivity index (χ2v) is 9.84. The van der Waals surface area contributed by atoms with Gasteiger partial charge >= 0.3 is 0 Å². The van der Waals surface area contributed by atoms with E-state index in [2.05, 4.69) is 39.6 Å². The summed E-state index contributed by atoms with van der Waals surface area (Å²) < 4.78 is 26.2. The second kappa shape index (κ2) is 8.47. The molecular weight excluding hydrogens is 437 g/mol. The van der Waals surface area contributed by atoms with Crippen molar-refractivity contribution < 1.29 is 19.0 Å². The Balaban J connectivity index is 1.35. The lowest BCUT2D eigenvalue weighted by atomic mass is 9.70. The van der Waals surface area contributed by atoms with Crippen molar-refractivity contribution in [1.29, 1.82) is 0 Å². The molecule has 3 aromatic rings. The van der Waals surface area contributed by atoms with Crippen molar-refractivity contribution in [2.24, 2.45) is 0 Å². The number of piperidine rings is 2. The van der Waals surface area contributed by atoms with Crippen LogP contribution >= 0.6 is 0 Å². The molecule has 0 radical (unpaired) electrons. The summed E-state index contributed by atoms with van der Waals surface area (Å²) in [6.45, 7) is 4.52. The van der Waals surface area contributed by atoms with Crippen molar-refractivity contribution in [3.8, 4) is 39.9 Å². The van der Waals surface area contributed by atoms with Crippen LogP contribution in [0.1, 0.15) is 46.0 Å². The first-order valence-electron chi connectivity index (χ1n) is 11.5. The molecule has 0 amide bonds. The minimum Gasteiger partial charge on any atom is -0.507 e. The second-order valence-electron chi connectivity index (χ2n) is 9.84. The first-order valence-corrected chi connectivity index (χ1v) is 11.5. The summed E-state index contributed by atoms with van der Waals surface area (Å²) in [5.41, 5.74) is 1.36. The third-order valence-electron chi connectivity index (χ3n) is 6.86. The largest absolute Gasteiger partial charge is 0.507 e. The van der Waals surface area contributed by atoms with E-state index in [1.165, 1.54) is 31.9 Å². The van der Waals surface area contributed by atoms with Gasteiger partial charge in [-0.25, -0.2) is 4.39 Å². The Bertz CT molecular complexity index is 1190. The molecule has 0 saturated carbocycles. The zero-order chi connectivity index (χ0) is 23.9. The molecule has 5 rings (SSSR count). The fourth-order valence-electron chi connectivity index (χ4n) is 5.47. The van der Waals surface area contributed by atoms with E-state index in [4.69, 9.17) is 9.47 Å². The summed E-state index contributed by atoms with van der Waals surface area (Å²) >= 11 is 0. The minimum absolute atomic E-state index is 0.0489. The third-order valence-corrected chi connectivity index (χ3v) is 6.86. The van der Waals surface area contributed by atoms with E-state index >= 15 is 0 Å². The van der Waals surface area contributed by atoms with Crippen molar-refractivity contribution in [3.63, 3.8) is 0 Å². The average molecular weight is 466 g/mol. The average Bonchev–Trinajstić information content (AvgIpc) is 2.79. The van der Waals surface area contributed by atoms with Crippen LogP contribution in [0.15, 0.2) is 36.5 Å². The molecule has 4 heterocycles. The van der Waals surface area contributed by atoms with Gasteiger partial charge in [-0.05, 0) is 51.3 Å². The van der Waals surface area contributed by atoms with E-state index in [0.29, 0.717) is 17.1 Å². The van der Waals surface area contributed by atoms with Gasteiger partial charge in [-0.15, -0.1) is 15.3 Å².